The number of carbonyl (C=O) groups is 1. The summed E-state index contributed by atoms with van der Waals surface area (Å²) in [5, 5.41) is 2.77. The topological polar surface area (TPSA) is 75.7 Å². The molecule has 0 rings (SSSR count). The van der Waals surface area contributed by atoms with Crippen LogP contribution in [0.1, 0.15) is 48.5 Å². The summed E-state index contributed by atoms with van der Waals surface area (Å²) in [6, 6.07) is -0.348. The van der Waals surface area contributed by atoms with Crippen LogP contribution in [0.2, 0.25) is 0 Å². The summed E-state index contributed by atoms with van der Waals surface area (Å²) in [7, 11) is -1.76. The summed E-state index contributed by atoms with van der Waals surface area (Å²) in [6.45, 7) is 13.0. The Morgan fingerprint density at radius 2 is 1.67 bits per heavy atom. The molecule has 0 aliphatic rings. The molecular formula is C14H30N2O4S. The van der Waals surface area contributed by atoms with Crippen LogP contribution in [0, 0.1) is 5.41 Å². The van der Waals surface area contributed by atoms with E-state index in [1.54, 1.807) is 27.7 Å². The Kier molecular flexibility index (Phi) is 6.69. The number of nitrogens with zero attached hydrogens (tertiary/aromatic N) is 1. The van der Waals surface area contributed by atoms with Crippen molar-refractivity contribution in [3.8, 4) is 0 Å². The van der Waals surface area contributed by atoms with Crippen LogP contribution in [-0.4, -0.2) is 49.8 Å². The number of sulfonamides is 1. The van der Waals surface area contributed by atoms with E-state index in [9.17, 15) is 13.2 Å². The van der Waals surface area contributed by atoms with Gasteiger partial charge in [-0.25, -0.2) is 17.5 Å². The molecule has 6 nitrogen and oxygen atoms in total. The highest BCUT2D eigenvalue weighted by molar-refractivity contribution is 7.89. The van der Waals surface area contributed by atoms with Gasteiger partial charge in [0, 0.05) is 13.6 Å². The van der Waals surface area contributed by atoms with Gasteiger partial charge in [0.1, 0.15) is 5.60 Å². The molecule has 126 valence electrons. The Morgan fingerprint density at radius 3 is 2.00 bits per heavy atom. The van der Waals surface area contributed by atoms with Crippen LogP contribution in [0.3, 0.4) is 0 Å². The number of hydrogen-bond donors (Lipinski definition) is 1. The Balaban J connectivity index is 4.97. The minimum atomic E-state index is -3.28. The second-order valence-corrected chi connectivity index (χ2v) is 9.61. The lowest BCUT2D eigenvalue weighted by atomic mass is 9.87. The molecule has 0 fully saturated rings. The average Bonchev–Trinajstić information content (AvgIpc) is 2.24. The van der Waals surface area contributed by atoms with Crippen LogP contribution in [0.25, 0.3) is 0 Å². The Hall–Kier alpha value is -0.820. The summed E-state index contributed by atoms with van der Waals surface area (Å²) in [5.74, 6) is 0.0345. The second-order valence-electron chi connectivity index (χ2n) is 7.25. The SMILES string of the molecule is CCS(=O)(=O)N(C)C[C@@H](NC(=O)OC(C)(C)C)C(C)(C)C. The van der Waals surface area contributed by atoms with E-state index in [0.29, 0.717) is 0 Å². The van der Waals surface area contributed by atoms with Gasteiger partial charge in [-0.2, -0.15) is 0 Å². The van der Waals surface area contributed by atoms with Gasteiger partial charge in [0.05, 0.1) is 11.8 Å². The van der Waals surface area contributed by atoms with Gasteiger partial charge in [-0.3, -0.25) is 0 Å². The van der Waals surface area contributed by atoms with Gasteiger partial charge in [0.15, 0.2) is 0 Å². The molecular weight excluding hydrogens is 292 g/mol. The van der Waals surface area contributed by atoms with Crippen LogP contribution in [-0.2, 0) is 14.8 Å². The van der Waals surface area contributed by atoms with E-state index in [0.717, 1.165) is 0 Å². The molecule has 0 aromatic rings. The van der Waals surface area contributed by atoms with Crippen LogP contribution >= 0.6 is 0 Å². The first-order valence-corrected chi connectivity index (χ1v) is 8.73. The lowest BCUT2D eigenvalue weighted by Gasteiger charge is -2.34. The van der Waals surface area contributed by atoms with Crippen molar-refractivity contribution < 1.29 is 17.9 Å². The van der Waals surface area contributed by atoms with Gasteiger partial charge >= 0.3 is 6.09 Å². The van der Waals surface area contributed by atoms with Crippen LogP contribution in [0.4, 0.5) is 4.79 Å². The summed E-state index contributed by atoms with van der Waals surface area (Å²) in [6.07, 6.45) is -0.537. The maximum Gasteiger partial charge on any atom is 0.407 e. The number of alkyl carbamates (subject to hydrolysis) is 1. The first-order valence-electron chi connectivity index (χ1n) is 7.12. The van der Waals surface area contributed by atoms with E-state index in [1.165, 1.54) is 11.4 Å². The molecule has 0 aromatic heterocycles. The minimum absolute atomic E-state index is 0.0345. The molecule has 0 bridgehead atoms. The van der Waals surface area contributed by atoms with Gasteiger partial charge in [-0.05, 0) is 33.1 Å². The number of nitrogens with one attached hydrogen (secondary N) is 1. The molecule has 0 aliphatic carbocycles. The molecule has 1 amide bonds. The summed E-state index contributed by atoms with van der Waals surface area (Å²) in [4.78, 5) is 11.9. The zero-order valence-corrected chi connectivity index (χ0v) is 15.3. The normalized spacial score (nSPS) is 14.9. The Labute approximate surface area is 129 Å². The zero-order chi connectivity index (χ0) is 17.1. The van der Waals surface area contributed by atoms with Crippen molar-refractivity contribution in [2.24, 2.45) is 5.41 Å². The molecule has 21 heavy (non-hydrogen) atoms. The molecule has 0 radical (unpaired) electrons. The lowest BCUT2D eigenvalue weighted by Crippen LogP contribution is -2.52. The van der Waals surface area contributed by atoms with Gasteiger partial charge in [-0.15, -0.1) is 0 Å². The Bertz CT molecular complexity index is 447. The first-order chi connectivity index (χ1) is 9.19. The summed E-state index contributed by atoms with van der Waals surface area (Å²) >= 11 is 0. The highest BCUT2D eigenvalue weighted by Crippen LogP contribution is 2.21. The number of hydrogen-bond acceptors (Lipinski definition) is 4. The molecule has 0 heterocycles. The van der Waals surface area contributed by atoms with Gasteiger partial charge < -0.3 is 10.1 Å². The summed E-state index contributed by atoms with van der Waals surface area (Å²) < 4.78 is 30.2. The highest BCUT2D eigenvalue weighted by atomic mass is 32.2. The fourth-order valence-corrected chi connectivity index (χ4v) is 2.39. The molecule has 1 N–H and O–H groups in total. The number of likely N-dealkylation sites (N-methyl/N-ethyl adjacent to an activating group) is 1. The molecule has 0 saturated heterocycles. The van der Waals surface area contributed by atoms with Crippen LogP contribution in [0.5, 0.6) is 0 Å². The van der Waals surface area contributed by atoms with Crippen molar-refractivity contribution >= 4 is 16.1 Å². The van der Waals surface area contributed by atoms with Crippen molar-refractivity contribution in [2.45, 2.75) is 60.1 Å². The van der Waals surface area contributed by atoms with E-state index >= 15 is 0 Å². The lowest BCUT2D eigenvalue weighted by molar-refractivity contribution is 0.0455. The molecule has 1 atom stereocenters. The van der Waals surface area contributed by atoms with Crippen molar-refractivity contribution in [1.29, 1.82) is 0 Å². The van der Waals surface area contributed by atoms with E-state index in [1.807, 2.05) is 20.8 Å². The van der Waals surface area contributed by atoms with E-state index in [4.69, 9.17) is 4.74 Å². The molecule has 0 saturated carbocycles. The zero-order valence-electron chi connectivity index (χ0n) is 14.5. The molecule has 0 spiro atoms. The fraction of sp³-hybridized carbons (Fsp3) is 0.929. The predicted molar refractivity (Wildman–Crippen MR) is 84.7 cm³/mol. The van der Waals surface area contributed by atoms with Gasteiger partial charge in [0.2, 0.25) is 10.0 Å². The minimum Gasteiger partial charge on any atom is -0.444 e. The molecule has 0 aliphatic heterocycles. The van der Waals surface area contributed by atoms with Crippen LogP contribution in [0.15, 0.2) is 0 Å². The molecule has 0 aromatic carbocycles. The molecule has 0 unspecified atom stereocenters. The first kappa shape index (κ1) is 20.2. The van der Waals surface area contributed by atoms with Crippen LogP contribution < -0.4 is 5.32 Å². The quantitative estimate of drug-likeness (QED) is 0.842. The standard InChI is InChI=1S/C14H30N2O4S/c1-9-21(18,19)16(8)10-11(13(2,3)4)15-12(17)20-14(5,6)7/h11H,9-10H2,1-8H3,(H,15,17)/t11-/m1/s1. The maximum atomic E-state index is 11.9. The number of rotatable bonds is 5. The van der Waals surface area contributed by atoms with E-state index in [-0.39, 0.29) is 23.8 Å². The monoisotopic (exact) mass is 322 g/mol. The number of amides is 1. The third-order valence-electron chi connectivity index (χ3n) is 3.02. The maximum absolute atomic E-state index is 11.9. The van der Waals surface area contributed by atoms with E-state index < -0.39 is 21.7 Å². The third-order valence-corrected chi connectivity index (χ3v) is 4.84. The third kappa shape index (κ3) is 7.66. The average molecular weight is 322 g/mol. The van der Waals surface area contributed by atoms with Gasteiger partial charge in [-0.1, -0.05) is 20.8 Å². The smallest absolute Gasteiger partial charge is 0.407 e. The van der Waals surface area contributed by atoms with Crippen molar-refractivity contribution in [3.63, 3.8) is 0 Å². The fourth-order valence-electron chi connectivity index (χ4n) is 1.58. The van der Waals surface area contributed by atoms with Crippen molar-refractivity contribution in [1.82, 2.24) is 9.62 Å². The Morgan fingerprint density at radius 1 is 1.19 bits per heavy atom. The van der Waals surface area contributed by atoms with E-state index in [2.05, 4.69) is 5.32 Å². The van der Waals surface area contributed by atoms with Crippen molar-refractivity contribution in [3.05, 3.63) is 0 Å². The number of carbonyl (C=O) groups excluding carboxylic acids is 1. The number of ether oxygens (including phenoxy) is 1. The summed E-state index contributed by atoms with van der Waals surface area (Å²) in [5.41, 5.74) is -0.887. The predicted octanol–water partition coefficient (Wildman–Crippen LogP) is 2.21. The van der Waals surface area contributed by atoms with Gasteiger partial charge in [0.25, 0.3) is 0 Å². The second kappa shape index (κ2) is 6.96. The highest BCUT2D eigenvalue weighted by Gasteiger charge is 2.31. The molecule has 7 heteroatoms. The van der Waals surface area contributed by atoms with Crippen molar-refractivity contribution in [2.75, 3.05) is 19.3 Å². The largest absolute Gasteiger partial charge is 0.444 e.